The number of benzene rings is 1. The lowest BCUT2D eigenvalue weighted by molar-refractivity contribution is -0.386. The standard InChI is InChI=1S/C8H7BrFNO4/c9-5-3-6(10)8(15-2-1-12)7(4-5)11(13)14/h3-4,12H,1-2H2. The smallest absolute Gasteiger partial charge is 0.315 e. The second-order valence-corrected chi connectivity index (χ2v) is 3.48. The summed E-state index contributed by atoms with van der Waals surface area (Å²) in [5, 5.41) is 19.0. The van der Waals surface area contributed by atoms with Gasteiger partial charge in [-0.05, 0) is 6.07 Å². The molecule has 1 aromatic rings. The fourth-order valence-corrected chi connectivity index (χ4v) is 1.39. The summed E-state index contributed by atoms with van der Waals surface area (Å²) in [5.74, 6) is -1.30. The summed E-state index contributed by atoms with van der Waals surface area (Å²) in [4.78, 5) is 9.82. The van der Waals surface area contributed by atoms with Crippen molar-refractivity contribution in [3.63, 3.8) is 0 Å². The third-order valence-corrected chi connectivity index (χ3v) is 1.98. The lowest BCUT2D eigenvalue weighted by atomic mass is 10.3. The highest BCUT2D eigenvalue weighted by Gasteiger charge is 2.20. The number of rotatable bonds is 4. The number of nitro benzene ring substituents is 1. The largest absolute Gasteiger partial charge is 0.482 e. The second-order valence-electron chi connectivity index (χ2n) is 2.57. The molecule has 15 heavy (non-hydrogen) atoms. The minimum atomic E-state index is -0.843. The highest BCUT2D eigenvalue weighted by Crippen LogP contribution is 2.33. The molecule has 5 nitrogen and oxygen atoms in total. The van der Waals surface area contributed by atoms with Crippen LogP contribution in [0.25, 0.3) is 0 Å². The van der Waals surface area contributed by atoms with E-state index >= 15 is 0 Å². The summed E-state index contributed by atoms with van der Waals surface area (Å²) in [7, 11) is 0. The van der Waals surface area contributed by atoms with Crippen molar-refractivity contribution in [1.82, 2.24) is 0 Å². The normalized spacial score (nSPS) is 10.1. The van der Waals surface area contributed by atoms with Crippen LogP contribution in [-0.2, 0) is 0 Å². The number of aliphatic hydroxyl groups excluding tert-OH is 1. The van der Waals surface area contributed by atoms with Crippen molar-refractivity contribution in [1.29, 1.82) is 0 Å². The van der Waals surface area contributed by atoms with Crippen LogP contribution in [0.1, 0.15) is 0 Å². The SMILES string of the molecule is O=[N+]([O-])c1cc(Br)cc(F)c1OCCO. The van der Waals surface area contributed by atoms with Gasteiger partial charge >= 0.3 is 5.69 Å². The van der Waals surface area contributed by atoms with Gasteiger partial charge in [-0.15, -0.1) is 0 Å². The first kappa shape index (κ1) is 11.9. The Hall–Kier alpha value is -1.21. The van der Waals surface area contributed by atoms with Crippen LogP contribution >= 0.6 is 15.9 Å². The Morgan fingerprint density at radius 2 is 2.27 bits per heavy atom. The first-order valence-electron chi connectivity index (χ1n) is 3.93. The van der Waals surface area contributed by atoms with Gasteiger partial charge in [-0.25, -0.2) is 4.39 Å². The minimum absolute atomic E-state index is 0.195. The molecule has 0 aromatic heterocycles. The van der Waals surface area contributed by atoms with E-state index in [9.17, 15) is 14.5 Å². The van der Waals surface area contributed by atoms with E-state index in [4.69, 9.17) is 9.84 Å². The van der Waals surface area contributed by atoms with Crippen molar-refractivity contribution in [2.45, 2.75) is 0 Å². The Bertz CT molecular complexity index is 385. The van der Waals surface area contributed by atoms with Gasteiger partial charge in [-0.2, -0.15) is 0 Å². The third kappa shape index (κ3) is 2.87. The summed E-state index contributed by atoms with van der Waals surface area (Å²) < 4.78 is 18.3. The fourth-order valence-electron chi connectivity index (χ4n) is 0.973. The van der Waals surface area contributed by atoms with E-state index in [1.54, 1.807) is 0 Å². The van der Waals surface area contributed by atoms with Gasteiger partial charge in [0.25, 0.3) is 0 Å². The Morgan fingerprint density at radius 3 is 2.80 bits per heavy atom. The van der Waals surface area contributed by atoms with Crippen molar-refractivity contribution in [3.8, 4) is 5.75 Å². The zero-order chi connectivity index (χ0) is 11.4. The molecule has 0 saturated carbocycles. The van der Waals surface area contributed by atoms with Gasteiger partial charge in [0.2, 0.25) is 5.75 Å². The molecular formula is C8H7BrFNO4. The van der Waals surface area contributed by atoms with Gasteiger partial charge in [0.05, 0.1) is 11.5 Å². The number of halogens is 2. The molecular weight excluding hydrogens is 273 g/mol. The first-order chi connectivity index (χ1) is 7.06. The number of nitro groups is 1. The lowest BCUT2D eigenvalue weighted by Gasteiger charge is -2.06. The number of hydrogen-bond donors (Lipinski definition) is 1. The zero-order valence-electron chi connectivity index (χ0n) is 7.44. The van der Waals surface area contributed by atoms with Crippen LogP contribution in [0.15, 0.2) is 16.6 Å². The Balaban J connectivity index is 3.15. The molecule has 0 radical (unpaired) electrons. The first-order valence-corrected chi connectivity index (χ1v) is 4.72. The van der Waals surface area contributed by atoms with E-state index < -0.39 is 22.2 Å². The van der Waals surface area contributed by atoms with Crippen LogP contribution < -0.4 is 4.74 Å². The molecule has 1 aromatic carbocycles. The highest BCUT2D eigenvalue weighted by molar-refractivity contribution is 9.10. The monoisotopic (exact) mass is 279 g/mol. The Kier molecular flexibility index (Phi) is 3.98. The number of nitrogens with zero attached hydrogens (tertiary/aromatic N) is 1. The van der Waals surface area contributed by atoms with Crippen LogP contribution in [0.2, 0.25) is 0 Å². The summed E-state index contributed by atoms with van der Waals surface area (Å²) in [6, 6.07) is 2.19. The van der Waals surface area contributed by atoms with Gasteiger partial charge in [0, 0.05) is 10.5 Å². The predicted octanol–water partition coefficient (Wildman–Crippen LogP) is 1.87. The summed E-state index contributed by atoms with van der Waals surface area (Å²) in [5.41, 5.74) is -0.477. The molecule has 1 rings (SSSR count). The van der Waals surface area contributed by atoms with Gasteiger partial charge in [0.15, 0.2) is 5.82 Å². The molecule has 0 amide bonds. The summed E-state index contributed by atoms with van der Waals surface area (Å²) in [6.45, 7) is -0.536. The van der Waals surface area contributed by atoms with Crippen molar-refractivity contribution in [2.24, 2.45) is 0 Å². The van der Waals surface area contributed by atoms with Crippen molar-refractivity contribution in [2.75, 3.05) is 13.2 Å². The average Bonchev–Trinajstić information content (AvgIpc) is 2.15. The predicted molar refractivity (Wildman–Crippen MR) is 53.3 cm³/mol. The molecule has 0 unspecified atom stereocenters. The number of aliphatic hydroxyl groups is 1. The maximum absolute atomic E-state index is 13.3. The van der Waals surface area contributed by atoms with Crippen LogP contribution in [0, 0.1) is 15.9 Å². The van der Waals surface area contributed by atoms with E-state index in [-0.39, 0.29) is 17.7 Å². The van der Waals surface area contributed by atoms with Crippen LogP contribution in [0.5, 0.6) is 5.75 Å². The number of ether oxygens (including phenoxy) is 1. The van der Waals surface area contributed by atoms with E-state index in [1.165, 1.54) is 0 Å². The highest BCUT2D eigenvalue weighted by atomic mass is 79.9. The summed E-state index contributed by atoms with van der Waals surface area (Å²) in [6.07, 6.45) is 0. The van der Waals surface area contributed by atoms with E-state index in [1.807, 2.05) is 0 Å². The Labute approximate surface area is 92.8 Å². The molecule has 7 heteroatoms. The molecule has 0 atom stereocenters. The van der Waals surface area contributed by atoms with Gasteiger partial charge < -0.3 is 9.84 Å². The third-order valence-electron chi connectivity index (χ3n) is 1.52. The van der Waals surface area contributed by atoms with Gasteiger partial charge in [-0.1, -0.05) is 15.9 Å². The van der Waals surface area contributed by atoms with Crippen LogP contribution in [0.3, 0.4) is 0 Å². The lowest BCUT2D eigenvalue weighted by Crippen LogP contribution is -2.05. The molecule has 0 aliphatic rings. The van der Waals surface area contributed by atoms with E-state index in [0.29, 0.717) is 0 Å². The van der Waals surface area contributed by atoms with Crippen LogP contribution in [0.4, 0.5) is 10.1 Å². The average molecular weight is 280 g/mol. The molecule has 1 N–H and O–H groups in total. The molecule has 0 heterocycles. The fraction of sp³-hybridized carbons (Fsp3) is 0.250. The van der Waals surface area contributed by atoms with E-state index in [0.717, 1.165) is 12.1 Å². The van der Waals surface area contributed by atoms with Gasteiger partial charge in [0.1, 0.15) is 6.61 Å². The summed E-state index contributed by atoms with van der Waals surface area (Å²) >= 11 is 2.93. The molecule has 0 spiro atoms. The van der Waals surface area contributed by atoms with Crippen molar-refractivity contribution in [3.05, 3.63) is 32.5 Å². The molecule has 0 fully saturated rings. The maximum atomic E-state index is 13.3. The minimum Gasteiger partial charge on any atom is -0.482 e. The zero-order valence-corrected chi connectivity index (χ0v) is 9.03. The van der Waals surface area contributed by atoms with Crippen molar-refractivity contribution >= 4 is 21.6 Å². The quantitative estimate of drug-likeness (QED) is 0.675. The van der Waals surface area contributed by atoms with Crippen molar-refractivity contribution < 1.29 is 19.2 Å². The topological polar surface area (TPSA) is 72.6 Å². The van der Waals surface area contributed by atoms with Gasteiger partial charge in [-0.3, -0.25) is 10.1 Å². The maximum Gasteiger partial charge on any atom is 0.315 e. The number of hydrogen-bond acceptors (Lipinski definition) is 4. The molecule has 0 saturated heterocycles. The Morgan fingerprint density at radius 1 is 1.60 bits per heavy atom. The second kappa shape index (κ2) is 5.04. The van der Waals surface area contributed by atoms with Crippen LogP contribution in [-0.4, -0.2) is 23.2 Å². The molecule has 0 bridgehead atoms. The molecule has 0 aliphatic carbocycles. The van der Waals surface area contributed by atoms with E-state index in [2.05, 4.69) is 15.9 Å². The molecule has 82 valence electrons. The molecule has 0 aliphatic heterocycles.